The van der Waals surface area contributed by atoms with Gasteiger partial charge in [-0.3, -0.25) is 0 Å². The first-order valence-electron chi connectivity index (χ1n) is 3.67. The van der Waals surface area contributed by atoms with Crippen molar-refractivity contribution >= 4 is 0 Å². The van der Waals surface area contributed by atoms with Crippen LogP contribution >= 0.6 is 0 Å². The first-order chi connectivity index (χ1) is 4.27. The summed E-state index contributed by atoms with van der Waals surface area (Å²) in [7, 11) is 0. The molecular weight excluding hydrogens is 117 g/mol. The van der Waals surface area contributed by atoms with Crippen LogP contribution in [0.3, 0.4) is 0 Å². The van der Waals surface area contributed by atoms with E-state index in [-0.39, 0.29) is 0 Å². The van der Waals surface area contributed by atoms with E-state index in [0.29, 0.717) is 17.9 Å². The number of alkyl halides is 1. The van der Waals surface area contributed by atoms with Crippen molar-refractivity contribution in [1.29, 1.82) is 0 Å². The van der Waals surface area contributed by atoms with Crippen molar-refractivity contribution in [2.45, 2.75) is 31.5 Å². The first-order valence-corrected chi connectivity index (χ1v) is 3.67. The standard InChI is InChI=1S/C7H12FN/c8-6-2-5-1-4(6)3-7(5)9/h4-7H,1-3,9H2. The second kappa shape index (κ2) is 1.69. The molecule has 52 valence electrons. The van der Waals surface area contributed by atoms with Crippen molar-refractivity contribution in [2.24, 2.45) is 17.6 Å². The maximum absolute atomic E-state index is 12.7. The Bertz CT molecular complexity index is 108. The molecule has 2 saturated carbocycles. The van der Waals surface area contributed by atoms with E-state index in [4.69, 9.17) is 5.73 Å². The Hall–Kier alpha value is -0.110. The maximum atomic E-state index is 12.7. The van der Waals surface area contributed by atoms with Gasteiger partial charge >= 0.3 is 0 Å². The topological polar surface area (TPSA) is 26.0 Å². The first kappa shape index (κ1) is 5.66. The Labute approximate surface area is 54.4 Å². The molecule has 0 radical (unpaired) electrons. The summed E-state index contributed by atoms with van der Waals surface area (Å²) in [5, 5.41) is 0. The fourth-order valence-electron chi connectivity index (χ4n) is 2.25. The Kier molecular flexibility index (Phi) is 1.06. The van der Waals surface area contributed by atoms with Gasteiger partial charge in [-0.15, -0.1) is 0 Å². The van der Waals surface area contributed by atoms with Gasteiger partial charge in [0.1, 0.15) is 6.17 Å². The Morgan fingerprint density at radius 1 is 1.11 bits per heavy atom. The van der Waals surface area contributed by atoms with Crippen LogP contribution < -0.4 is 5.73 Å². The highest BCUT2D eigenvalue weighted by molar-refractivity contribution is 4.97. The van der Waals surface area contributed by atoms with Gasteiger partial charge in [-0.25, -0.2) is 4.39 Å². The van der Waals surface area contributed by atoms with Gasteiger partial charge in [-0.1, -0.05) is 0 Å². The molecule has 0 aromatic carbocycles. The van der Waals surface area contributed by atoms with Crippen LogP contribution in [0.15, 0.2) is 0 Å². The van der Waals surface area contributed by atoms with E-state index in [1.165, 1.54) is 0 Å². The zero-order valence-corrected chi connectivity index (χ0v) is 5.39. The van der Waals surface area contributed by atoms with Crippen LogP contribution in [0.4, 0.5) is 4.39 Å². The predicted octanol–water partition coefficient (Wildman–Crippen LogP) is 1.08. The van der Waals surface area contributed by atoms with Crippen LogP contribution in [0.5, 0.6) is 0 Å². The summed E-state index contributed by atoms with van der Waals surface area (Å²) < 4.78 is 12.7. The number of hydrogen-bond donors (Lipinski definition) is 1. The lowest BCUT2D eigenvalue weighted by Gasteiger charge is -2.19. The van der Waals surface area contributed by atoms with E-state index in [1.54, 1.807) is 0 Å². The lowest BCUT2D eigenvalue weighted by atomic mass is 9.95. The van der Waals surface area contributed by atoms with Gasteiger partial charge in [0.2, 0.25) is 0 Å². The second-order valence-corrected chi connectivity index (χ2v) is 3.41. The second-order valence-electron chi connectivity index (χ2n) is 3.41. The molecule has 0 heterocycles. The minimum Gasteiger partial charge on any atom is -0.327 e. The molecule has 0 saturated heterocycles. The third kappa shape index (κ3) is 0.692. The van der Waals surface area contributed by atoms with Crippen LogP contribution in [0.1, 0.15) is 19.3 Å². The fourth-order valence-corrected chi connectivity index (χ4v) is 2.25. The lowest BCUT2D eigenvalue weighted by Crippen LogP contribution is -2.30. The van der Waals surface area contributed by atoms with E-state index in [0.717, 1.165) is 19.3 Å². The van der Waals surface area contributed by atoms with E-state index in [2.05, 4.69) is 0 Å². The van der Waals surface area contributed by atoms with Gasteiger partial charge < -0.3 is 5.73 Å². The molecule has 0 spiro atoms. The van der Waals surface area contributed by atoms with Crippen molar-refractivity contribution in [2.75, 3.05) is 0 Å². The number of fused-ring (bicyclic) bond motifs is 2. The van der Waals surface area contributed by atoms with Crippen molar-refractivity contribution in [3.63, 3.8) is 0 Å². The zero-order valence-electron chi connectivity index (χ0n) is 5.39. The number of halogens is 1. The van der Waals surface area contributed by atoms with Crippen molar-refractivity contribution in [3.8, 4) is 0 Å². The van der Waals surface area contributed by atoms with Crippen molar-refractivity contribution in [3.05, 3.63) is 0 Å². The third-order valence-corrected chi connectivity index (χ3v) is 2.83. The quantitative estimate of drug-likeness (QED) is 0.520. The summed E-state index contributed by atoms with van der Waals surface area (Å²) >= 11 is 0. The molecule has 0 aromatic heterocycles. The average Bonchev–Trinajstić information content (AvgIpc) is 2.24. The molecule has 1 nitrogen and oxygen atoms in total. The molecule has 9 heavy (non-hydrogen) atoms. The molecule has 2 rings (SSSR count). The average molecular weight is 129 g/mol. The summed E-state index contributed by atoms with van der Waals surface area (Å²) in [6.45, 7) is 0. The number of rotatable bonds is 0. The van der Waals surface area contributed by atoms with Crippen LogP contribution in [0.25, 0.3) is 0 Å². The smallest absolute Gasteiger partial charge is 0.103 e. The monoisotopic (exact) mass is 129 g/mol. The van der Waals surface area contributed by atoms with E-state index in [1.807, 2.05) is 0 Å². The molecule has 0 aliphatic heterocycles. The Balaban J connectivity index is 2.10. The van der Waals surface area contributed by atoms with Gasteiger partial charge in [-0.2, -0.15) is 0 Å². The fraction of sp³-hybridized carbons (Fsp3) is 1.00. The molecule has 2 N–H and O–H groups in total. The number of nitrogens with two attached hydrogens (primary N) is 1. The largest absolute Gasteiger partial charge is 0.327 e. The van der Waals surface area contributed by atoms with Gasteiger partial charge in [-0.05, 0) is 31.1 Å². The molecule has 2 aliphatic carbocycles. The minimum absolute atomic E-state index is 0.321. The van der Waals surface area contributed by atoms with E-state index in [9.17, 15) is 4.39 Å². The SMILES string of the molecule is NC1CC2CC1CC2F. The third-order valence-electron chi connectivity index (χ3n) is 2.83. The summed E-state index contributed by atoms with van der Waals surface area (Å²) in [5.74, 6) is 0.843. The Morgan fingerprint density at radius 2 is 1.89 bits per heavy atom. The van der Waals surface area contributed by atoms with Crippen LogP contribution in [0.2, 0.25) is 0 Å². The van der Waals surface area contributed by atoms with Crippen molar-refractivity contribution < 1.29 is 4.39 Å². The highest BCUT2D eigenvalue weighted by Gasteiger charge is 2.44. The highest BCUT2D eigenvalue weighted by Crippen LogP contribution is 2.45. The predicted molar refractivity (Wildman–Crippen MR) is 33.7 cm³/mol. The van der Waals surface area contributed by atoms with Crippen LogP contribution in [-0.4, -0.2) is 12.2 Å². The molecule has 2 bridgehead atoms. The summed E-state index contributed by atoms with van der Waals surface area (Å²) in [6, 6.07) is 0.321. The van der Waals surface area contributed by atoms with Crippen molar-refractivity contribution in [1.82, 2.24) is 0 Å². The normalized spacial score (nSPS) is 56.7. The molecule has 2 heteroatoms. The molecule has 2 aliphatic rings. The lowest BCUT2D eigenvalue weighted by molar-refractivity contribution is 0.218. The maximum Gasteiger partial charge on any atom is 0.103 e. The highest BCUT2D eigenvalue weighted by atomic mass is 19.1. The van der Waals surface area contributed by atoms with Gasteiger partial charge in [0.05, 0.1) is 0 Å². The molecule has 4 atom stereocenters. The summed E-state index contributed by atoms with van der Waals surface area (Å²) in [4.78, 5) is 0. The van der Waals surface area contributed by atoms with Gasteiger partial charge in [0, 0.05) is 6.04 Å². The van der Waals surface area contributed by atoms with Gasteiger partial charge in [0.15, 0.2) is 0 Å². The molecular formula is C7H12FN. The van der Waals surface area contributed by atoms with E-state index < -0.39 is 6.17 Å². The minimum atomic E-state index is -0.519. The van der Waals surface area contributed by atoms with Crippen LogP contribution in [-0.2, 0) is 0 Å². The van der Waals surface area contributed by atoms with Crippen LogP contribution in [0, 0.1) is 11.8 Å². The molecule has 2 fully saturated rings. The molecule has 0 aromatic rings. The molecule has 4 unspecified atom stereocenters. The van der Waals surface area contributed by atoms with Gasteiger partial charge in [0.25, 0.3) is 0 Å². The summed E-state index contributed by atoms with van der Waals surface area (Å²) in [5.41, 5.74) is 5.72. The number of hydrogen-bond acceptors (Lipinski definition) is 1. The Morgan fingerprint density at radius 3 is 2.22 bits per heavy atom. The zero-order chi connectivity index (χ0) is 6.43. The molecule has 0 amide bonds. The van der Waals surface area contributed by atoms with E-state index >= 15 is 0 Å². The summed E-state index contributed by atoms with van der Waals surface area (Å²) in [6.07, 6.45) is 2.22.